The Bertz CT molecular complexity index is 815. The van der Waals surface area contributed by atoms with Crippen molar-refractivity contribution >= 4 is 28.9 Å². The highest BCUT2D eigenvalue weighted by Crippen LogP contribution is 2.28. The lowest BCUT2D eigenvalue weighted by Crippen LogP contribution is -2.33. The van der Waals surface area contributed by atoms with Crippen LogP contribution in [0.4, 0.5) is 11.4 Å². The summed E-state index contributed by atoms with van der Waals surface area (Å²) in [4.78, 5) is 24.6. The molecule has 3 N–H and O–H groups in total. The molecule has 1 heterocycles. The van der Waals surface area contributed by atoms with Crippen LogP contribution in [0, 0.1) is 10.1 Å². The van der Waals surface area contributed by atoms with Gasteiger partial charge in [-0.25, -0.2) is 0 Å². The van der Waals surface area contributed by atoms with Gasteiger partial charge in [0, 0.05) is 36.8 Å². The van der Waals surface area contributed by atoms with Gasteiger partial charge in [-0.15, -0.1) is 0 Å². The number of carbonyl (C=O) groups is 1. The summed E-state index contributed by atoms with van der Waals surface area (Å²) in [5.74, 6) is -0.0665. The van der Waals surface area contributed by atoms with Crippen LogP contribution in [0.2, 0.25) is 5.02 Å². The SMILES string of the molecule is N[C@@H]1CN(CC(=O)Nc2ccc(Cl)c([N+](=O)[O-])c2)C[C@H]1c1ccccc1. The average molecular weight is 375 g/mol. The number of likely N-dealkylation sites (tertiary alicyclic amines) is 1. The molecule has 7 nitrogen and oxygen atoms in total. The van der Waals surface area contributed by atoms with E-state index in [1.165, 1.54) is 18.2 Å². The molecule has 0 saturated carbocycles. The number of rotatable bonds is 5. The fourth-order valence-corrected chi connectivity index (χ4v) is 3.42. The van der Waals surface area contributed by atoms with Crippen molar-refractivity contribution in [2.45, 2.75) is 12.0 Å². The van der Waals surface area contributed by atoms with E-state index >= 15 is 0 Å². The maximum atomic E-state index is 12.3. The van der Waals surface area contributed by atoms with Crippen LogP contribution in [0.3, 0.4) is 0 Å². The van der Waals surface area contributed by atoms with Gasteiger partial charge < -0.3 is 11.1 Å². The molecule has 0 unspecified atom stereocenters. The van der Waals surface area contributed by atoms with E-state index in [9.17, 15) is 14.9 Å². The van der Waals surface area contributed by atoms with Crippen LogP contribution in [0.25, 0.3) is 0 Å². The molecule has 0 bridgehead atoms. The number of carbonyl (C=O) groups excluding carboxylic acids is 1. The van der Waals surface area contributed by atoms with Gasteiger partial charge in [-0.2, -0.15) is 0 Å². The molecular formula is C18H19ClN4O3. The molecule has 1 saturated heterocycles. The molecule has 0 radical (unpaired) electrons. The van der Waals surface area contributed by atoms with Gasteiger partial charge in [-0.05, 0) is 17.7 Å². The van der Waals surface area contributed by atoms with Crippen LogP contribution >= 0.6 is 11.6 Å². The van der Waals surface area contributed by atoms with E-state index in [0.717, 1.165) is 5.56 Å². The van der Waals surface area contributed by atoms with Crippen LogP contribution in [0.5, 0.6) is 0 Å². The summed E-state index contributed by atoms with van der Waals surface area (Å²) in [6.07, 6.45) is 0. The second-order valence-electron chi connectivity index (χ2n) is 6.35. The van der Waals surface area contributed by atoms with Crippen molar-refractivity contribution in [2.24, 2.45) is 5.73 Å². The van der Waals surface area contributed by atoms with Gasteiger partial charge in [0.15, 0.2) is 0 Å². The number of hydrogen-bond acceptors (Lipinski definition) is 5. The van der Waals surface area contributed by atoms with E-state index in [1.54, 1.807) is 0 Å². The zero-order chi connectivity index (χ0) is 18.7. The van der Waals surface area contributed by atoms with E-state index in [1.807, 2.05) is 35.2 Å². The first-order valence-electron chi connectivity index (χ1n) is 8.20. The van der Waals surface area contributed by atoms with Crippen LogP contribution in [0.15, 0.2) is 48.5 Å². The number of anilines is 1. The smallest absolute Gasteiger partial charge is 0.289 e. The summed E-state index contributed by atoms with van der Waals surface area (Å²) in [6.45, 7) is 1.49. The largest absolute Gasteiger partial charge is 0.326 e. The second-order valence-corrected chi connectivity index (χ2v) is 6.75. The first-order chi connectivity index (χ1) is 12.4. The summed E-state index contributed by atoms with van der Waals surface area (Å²) >= 11 is 5.78. The van der Waals surface area contributed by atoms with E-state index < -0.39 is 4.92 Å². The minimum atomic E-state index is -0.581. The normalized spacial score (nSPS) is 20.1. The van der Waals surface area contributed by atoms with Crippen molar-refractivity contribution in [3.63, 3.8) is 0 Å². The molecule has 1 aliphatic rings. The van der Waals surface area contributed by atoms with Crippen LogP contribution in [0.1, 0.15) is 11.5 Å². The summed E-state index contributed by atoms with van der Waals surface area (Å²) in [6, 6.07) is 14.1. The molecule has 2 atom stereocenters. The Kier molecular flexibility index (Phi) is 5.51. The highest BCUT2D eigenvalue weighted by atomic mass is 35.5. The third-order valence-electron chi connectivity index (χ3n) is 4.46. The standard InChI is InChI=1S/C18H19ClN4O3/c19-15-7-6-13(8-17(15)23(25)26)21-18(24)11-22-9-14(16(20)10-22)12-4-2-1-3-5-12/h1-8,14,16H,9-11,20H2,(H,21,24)/t14-,16+/m0/s1. The molecule has 2 aromatic rings. The van der Waals surface area contributed by atoms with Gasteiger partial charge in [0.25, 0.3) is 5.69 Å². The minimum absolute atomic E-state index is 0.0317. The Balaban J connectivity index is 1.61. The Morgan fingerprint density at radius 2 is 2.00 bits per heavy atom. The Hall–Kier alpha value is -2.48. The number of nitrogens with one attached hydrogen (secondary N) is 1. The number of nitrogens with two attached hydrogens (primary N) is 1. The summed E-state index contributed by atoms with van der Waals surface area (Å²) in [5, 5.41) is 13.6. The van der Waals surface area contributed by atoms with Crippen molar-refractivity contribution in [3.8, 4) is 0 Å². The monoisotopic (exact) mass is 374 g/mol. The van der Waals surface area contributed by atoms with E-state index in [-0.39, 0.29) is 35.1 Å². The van der Waals surface area contributed by atoms with Crippen LogP contribution < -0.4 is 11.1 Å². The lowest BCUT2D eigenvalue weighted by Gasteiger charge is -2.16. The van der Waals surface area contributed by atoms with E-state index in [0.29, 0.717) is 18.8 Å². The van der Waals surface area contributed by atoms with Crippen molar-refractivity contribution in [1.82, 2.24) is 4.90 Å². The number of benzene rings is 2. The van der Waals surface area contributed by atoms with Crippen molar-refractivity contribution in [1.29, 1.82) is 0 Å². The Labute approximate surface area is 155 Å². The van der Waals surface area contributed by atoms with Crippen molar-refractivity contribution < 1.29 is 9.72 Å². The average Bonchev–Trinajstić information content (AvgIpc) is 2.97. The van der Waals surface area contributed by atoms with Crippen LogP contribution in [-0.4, -0.2) is 41.4 Å². The topological polar surface area (TPSA) is 102 Å². The maximum Gasteiger partial charge on any atom is 0.289 e. The molecule has 136 valence electrons. The molecule has 8 heteroatoms. The lowest BCUT2D eigenvalue weighted by atomic mass is 9.95. The van der Waals surface area contributed by atoms with Crippen LogP contribution in [-0.2, 0) is 4.79 Å². The van der Waals surface area contributed by atoms with Gasteiger partial charge >= 0.3 is 0 Å². The quantitative estimate of drug-likeness (QED) is 0.618. The van der Waals surface area contributed by atoms with Gasteiger partial charge in [0.1, 0.15) is 5.02 Å². The lowest BCUT2D eigenvalue weighted by molar-refractivity contribution is -0.384. The molecule has 0 spiro atoms. The molecule has 0 aliphatic carbocycles. The third-order valence-corrected chi connectivity index (χ3v) is 4.78. The van der Waals surface area contributed by atoms with E-state index in [4.69, 9.17) is 17.3 Å². The number of nitro benzene ring substituents is 1. The number of nitro groups is 1. The molecular weight excluding hydrogens is 356 g/mol. The van der Waals surface area contributed by atoms with E-state index in [2.05, 4.69) is 5.32 Å². The van der Waals surface area contributed by atoms with Crippen molar-refractivity contribution in [3.05, 3.63) is 69.2 Å². The number of amides is 1. The zero-order valence-electron chi connectivity index (χ0n) is 14.0. The van der Waals surface area contributed by atoms with Crippen molar-refractivity contribution in [2.75, 3.05) is 25.0 Å². The molecule has 0 aromatic heterocycles. The van der Waals surface area contributed by atoms with Gasteiger partial charge in [-0.3, -0.25) is 19.8 Å². The summed E-state index contributed by atoms with van der Waals surface area (Å²) in [5.41, 5.74) is 7.50. The predicted octanol–water partition coefficient (Wildman–Crippen LogP) is 2.61. The second kappa shape index (κ2) is 7.82. The van der Waals surface area contributed by atoms with Gasteiger partial charge in [-0.1, -0.05) is 41.9 Å². The zero-order valence-corrected chi connectivity index (χ0v) is 14.7. The number of hydrogen-bond donors (Lipinski definition) is 2. The molecule has 1 aliphatic heterocycles. The van der Waals surface area contributed by atoms with Gasteiger partial charge in [0.2, 0.25) is 5.91 Å². The first kappa shape index (κ1) is 18.3. The molecule has 1 amide bonds. The number of halogens is 1. The summed E-state index contributed by atoms with van der Waals surface area (Å²) < 4.78 is 0. The molecule has 3 rings (SSSR count). The number of nitrogens with zero attached hydrogens (tertiary/aromatic N) is 2. The fraction of sp³-hybridized carbons (Fsp3) is 0.278. The fourth-order valence-electron chi connectivity index (χ4n) is 3.23. The van der Waals surface area contributed by atoms with Gasteiger partial charge in [0.05, 0.1) is 11.5 Å². The Morgan fingerprint density at radius 3 is 2.69 bits per heavy atom. The third kappa shape index (κ3) is 4.19. The molecule has 26 heavy (non-hydrogen) atoms. The maximum absolute atomic E-state index is 12.3. The Morgan fingerprint density at radius 1 is 1.27 bits per heavy atom. The molecule has 1 fully saturated rings. The summed E-state index contributed by atoms with van der Waals surface area (Å²) in [7, 11) is 0. The minimum Gasteiger partial charge on any atom is -0.326 e. The molecule has 2 aromatic carbocycles. The first-order valence-corrected chi connectivity index (χ1v) is 8.58. The highest BCUT2D eigenvalue weighted by Gasteiger charge is 2.32. The highest BCUT2D eigenvalue weighted by molar-refractivity contribution is 6.32. The predicted molar refractivity (Wildman–Crippen MR) is 100 cm³/mol.